The van der Waals surface area contributed by atoms with Crippen molar-refractivity contribution in [3.8, 4) is 5.75 Å². The van der Waals surface area contributed by atoms with Crippen LogP contribution < -0.4 is 10.5 Å². The summed E-state index contributed by atoms with van der Waals surface area (Å²) in [6, 6.07) is 4.74. The molecule has 1 aliphatic carbocycles. The first kappa shape index (κ1) is 9.46. The molecule has 0 amide bonds. The van der Waals surface area contributed by atoms with Crippen molar-refractivity contribution >= 4 is 0 Å². The van der Waals surface area contributed by atoms with E-state index >= 15 is 0 Å². The maximum absolute atomic E-state index is 13.1. The Bertz CT molecular complexity index is 347. The third-order valence-corrected chi connectivity index (χ3v) is 2.62. The topological polar surface area (TPSA) is 35.2 Å². The zero-order valence-electron chi connectivity index (χ0n) is 8.22. The first-order chi connectivity index (χ1) is 6.61. The Hall–Kier alpha value is -1.09. The van der Waals surface area contributed by atoms with E-state index in [1.165, 1.54) is 19.2 Å². The highest BCUT2D eigenvalue weighted by atomic mass is 19.1. The summed E-state index contributed by atoms with van der Waals surface area (Å²) < 4.78 is 18.1. The van der Waals surface area contributed by atoms with Crippen LogP contribution in [-0.4, -0.2) is 12.6 Å². The van der Waals surface area contributed by atoms with E-state index in [0.717, 1.165) is 24.8 Å². The Morgan fingerprint density at radius 1 is 1.43 bits per heavy atom. The second-order valence-electron chi connectivity index (χ2n) is 4.04. The number of nitrogens with two attached hydrogens (primary N) is 1. The summed E-state index contributed by atoms with van der Waals surface area (Å²) >= 11 is 0. The Morgan fingerprint density at radius 3 is 2.71 bits per heavy atom. The number of ether oxygens (including phenoxy) is 1. The maximum Gasteiger partial charge on any atom is 0.127 e. The lowest BCUT2D eigenvalue weighted by Crippen LogP contribution is -2.24. The molecule has 2 nitrogen and oxygen atoms in total. The van der Waals surface area contributed by atoms with Gasteiger partial charge in [-0.3, -0.25) is 0 Å². The zero-order chi connectivity index (χ0) is 10.2. The molecule has 0 saturated heterocycles. The minimum atomic E-state index is -0.261. The molecule has 1 saturated carbocycles. The summed E-state index contributed by atoms with van der Waals surface area (Å²) in [5, 5.41) is 0. The van der Waals surface area contributed by atoms with Gasteiger partial charge >= 0.3 is 0 Å². The standard InChI is InChI=1S/C11H14FNO/c1-14-10-5-8(4-9(12)6-10)7-11(13)2-3-11/h4-6H,2-3,7,13H2,1H3. The van der Waals surface area contributed by atoms with E-state index in [4.69, 9.17) is 10.5 Å². The molecule has 0 aliphatic heterocycles. The second kappa shape index (κ2) is 3.24. The fraction of sp³-hybridized carbons (Fsp3) is 0.455. The average Bonchev–Trinajstić information content (AvgIpc) is 2.82. The normalized spacial score (nSPS) is 17.9. The molecule has 1 aromatic rings. The number of methoxy groups -OCH3 is 1. The predicted molar refractivity (Wildman–Crippen MR) is 52.8 cm³/mol. The predicted octanol–water partition coefficient (Wildman–Crippen LogP) is 1.87. The van der Waals surface area contributed by atoms with Gasteiger partial charge < -0.3 is 10.5 Å². The number of benzene rings is 1. The molecule has 0 unspecified atom stereocenters. The monoisotopic (exact) mass is 195 g/mol. The van der Waals surface area contributed by atoms with Crippen LogP contribution in [0.3, 0.4) is 0 Å². The first-order valence-corrected chi connectivity index (χ1v) is 4.74. The minimum absolute atomic E-state index is 0.0845. The van der Waals surface area contributed by atoms with Gasteiger partial charge in [0.25, 0.3) is 0 Å². The van der Waals surface area contributed by atoms with Gasteiger partial charge in [0.15, 0.2) is 0 Å². The highest BCUT2D eigenvalue weighted by Crippen LogP contribution is 2.36. The van der Waals surface area contributed by atoms with Crippen molar-refractivity contribution in [2.24, 2.45) is 5.73 Å². The highest BCUT2D eigenvalue weighted by molar-refractivity contribution is 5.31. The molecule has 2 rings (SSSR count). The molecule has 1 aromatic carbocycles. The third-order valence-electron chi connectivity index (χ3n) is 2.62. The lowest BCUT2D eigenvalue weighted by Gasteiger charge is -2.09. The summed E-state index contributed by atoms with van der Waals surface area (Å²) in [7, 11) is 1.54. The maximum atomic E-state index is 13.1. The van der Waals surface area contributed by atoms with E-state index < -0.39 is 0 Å². The van der Waals surface area contributed by atoms with Gasteiger partial charge in [-0.05, 0) is 37.0 Å². The van der Waals surface area contributed by atoms with E-state index in [1.54, 1.807) is 0 Å². The summed E-state index contributed by atoms with van der Waals surface area (Å²) in [4.78, 5) is 0. The number of rotatable bonds is 3. The number of hydrogen-bond donors (Lipinski definition) is 1. The molecule has 3 heteroatoms. The lowest BCUT2D eigenvalue weighted by molar-refractivity contribution is 0.410. The summed E-state index contributed by atoms with van der Waals surface area (Å²) in [6.45, 7) is 0. The smallest absolute Gasteiger partial charge is 0.127 e. The molecular weight excluding hydrogens is 181 g/mol. The molecule has 0 aromatic heterocycles. The van der Waals surface area contributed by atoms with Gasteiger partial charge in [-0.1, -0.05) is 0 Å². The van der Waals surface area contributed by atoms with E-state index in [0.29, 0.717) is 5.75 Å². The van der Waals surface area contributed by atoms with E-state index in [1.807, 2.05) is 6.07 Å². The fourth-order valence-corrected chi connectivity index (χ4v) is 1.58. The van der Waals surface area contributed by atoms with Crippen molar-refractivity contribution in [3.63, 3.8) is 0 Å². The molecule has 0 spiro atoms. The summed E-state index contributed by atoms with van der Waals surface area (Å²) in [5.41, 5.74) is 6.79. The van der Waals surface area contributed by atoms with Crippen LogP contribution in [-0.2, 0) is 6.42 Å². The first-order valence-electron chi connectivity index (χ1n) is 4.74. The summed E-state index contributed by atoms with van der Waals surface area (Å²) in [6.07, 6.45) is 2.80. The van der Waals surface area contributed by atoms with Crippen LogP contribution in [0.15, 0.2) is 18.2 Å². The van der Waals surface area contributed by atoms with Gasteiger partial charge in [-0.25, -0.2) is 4.39 Å². The van der Waals surface area contributed by atoms with Gasteiger partial charge in [0.1, 0.15) is 11.6 Å². The number of halogens is 1. The van der Waals surface area contributed by atoms with Gasteiger partial charge in [0, 0.05) is 11.6 Å². The Balaban J connectivity index is 2.20. The molecular formula is C11H14FNO. The molecule has 1 fully saturated rings. The van der Waals surface area contributed by atoms with Crippen LogP contribution in [0.25, 0.3) is 0 Å². The van der Waals surface area contributed by atoms with Crippen LogP contribution >= 0.6 is 0 Å². The van der Waals surface area contributed by atoms with Crippen molar-refractivity contribution in [3.05, 3.63) is 29.6 Å². The molecule has 0 radical (unpaired) electrons. The van der Waals surface area contributed by atoms with Crippen molar-refractivity contribution in [1.82, 2.24) is 0 Å². The molecule has 0 heterocycles. The average molecular weight is 195 g/mol. The summed E-state index contributed by atoms with van der Waals surface area (Å²) in [5.74, 6) is 0.299. The SMILES string of the molecule is COc1cc(F)cc(CC2(N)CC2)c1. The molecule has 14 heavy (non-hydrogen) atoms. The molecule has 1 aliphatic rings. The third kappa shape index (κ3) is 2.04. The molecule has 0 atom stereocenters. The van der Waals surface area contributed by atoms with Crippen LogP contribution in [0.5, 0.6) is 5.75 Å². The molecule has 0 bridgehead atoms. The second-order valence-corrected chi connectivity index (χ2v) is 4.04. The van der Waals surface area contributed by atoms with Crippen molar-refractivity contribution < 1.29 is 9.13 Å². The largest absolute Gasteiger partial charge is 0.497 e. The van der Waals surface area contributed by atoms with Gasteiger partial charge in [-0.2, -0.15) is 0 Å². The Labute approximate surface area is 82.9 Å². The van der Waals surface area contributed by atoms with Crippen molar-refractivity contribution in [2.45, 2.75) is 24.8 Å². The lowest BCUT2D eigenvalue weighted by atomic mass is 10.0. The van der Waals surface area contributed by atoms with Crippen molar-refractivity contribution in [2.75, 3.05) is 7.11 Å². The van der Waals surface area contributed by atoms with Gasteiger partial charge in [0.05, 0.1) is 7.11 Å². The number of hydrogen-bond acceptors (Lipinski definition) is 2. The van der Waals surface area contributed by atoms with E-state index in [-0.39, 0.29) is 11.4 Å². The Kier molecular flexibility index (Phi) is 2.19. The van der Waals surface area contributed by atoms with Crippen LogP contribution in [0, 0.1) is 5.82 Å². The fourth-order valence-electron chi connectivity index (χ4n) is 1.58. The van der Waals surface area contributed by atoms with Crippen LogP contribution in [0.4, 0.5) is 4.39 Å². The zero-order valence-corrected chi connectivity index (χ0v) is 8.22. The van der Waals surface area contributed by atoms with Crippen molar-refractivity contribution in [1.29, 1.82) is 0 Å². The Morgan fingerprint density at radius 2 is 2.14 bits per heavy atom. The van der Waals surface area contributed by atoms with E-state index in [9.17, 15) is 4.39 Å². The molecule has 76 valence electrons. The van der Waals surface area contributed by atoms with Gasteiger partial charge in [-0.15, -0.1) is 0 Å². The quantitative estimate of drug-likeness (QED) is 0.799. The molecule has 2 N–H and O–H groups in total. The van der Waals surface area contributed by atoms with E-state index in [2.05, 4.69) is 0 Å². The van der Waals surface area contributed by atoms with Crippen LogP contribution in [0.2, 0.25) is 0 Å². The highest BCUT2D eigenvalue weighted by Gasteiger charge is 2.38. The van der Waals surface area contributed by atoms with Crippen LogP contribution in [0.1, 0.15) is 18.4 Å². The minimum Gasteiger partial charge on any atom is -0.497 e. The van der Waals surface area contributed by atoms with Gasteiger partial charge in [0.2, 0.25) is 0 Å².